The van der Waals surface area contributed by atoms with Crippen molar-refractivity contribution in [3.63, 3.8) is 0 Å². The topological polar surface area (TPSA) is 54.4 Å². The number of carboxylic acid groups (broad SMARTS) is 1. The van der Waals surface area contributed by atoms with Crippen LogP contribution in [0, 0.1) is 5.82 Å². The number of hydrogen-bond acceptors (Lipinski definition) is 3. The van der Waals surface area contributed by atoms with Crippen LogP contribution < -0.4 is 0 Å². The van der Waals surface area contributed by atoms with Gasteiger partial charge in [0.25, 0.3) is 0 Å². The number of rotatable bonds is 4. The van der Waals surface area contributed by atoms with Gasteiger partial charge in [-0.2, -0.15) is 0 Å². The summed E-state index contributed by atoms with van der Waals surface area (Å²) in [4.78, 5) is 23.5. The highest BCUT2D eigenvalue weighted by Crippen LogP contribution is 2.29. The average molecular weight is 290 g/mol. The maximum absolute atomic E-state index is 13.3. The van der Waals surface area contributed by atoms with Gasteiger partial charge < -0.3 is 5.11 Å². The van der Waals surface area contributed by atoms with Crippen LogP contribution in [0.25, 0.3) is 0 Å². The number of carbonyl (C=O) groups is 2. The molecule has 102 valence electrons. The first-order chi connectivity index (χ1) is 9.47. The molecule has 0 aliphatic carbocycles. The Hall–Kier alpha value is -2.14. The highest BCUT2D eigenvalue weighted by molar-refractivity contribution is 7.99. The fraction of sp³-hybridized carbons (Fsp3) is 0.0667. The molecule has 20 heavy (non-hydrogen) atoms. The van der Waals surface area contributed by atoms with Crippen molar-refractivity contribution in [2.45, 2.75) is 16.7 Å². The largest absolute Gasteiger partial charge is 0.478 e. The molecule has 0 heterocycles. The van der Waals surface area contributed by atoms with E-state index in [1.807, 2.05) is 0 Å². The van der Waals surface area contributed by atoms with Crippen LogP contribution in [0.1, 0.15) is 27.6 Å². The van der Waals surface area contributed by atoms with Crippen LogP contribution in [0.15, 0.2) is 52.3 Å². The minimum absolute atomic E-state index is 0.0171. The number of hydrogen-bond donors (Lipinski definition) is 1. The van der Waals surface area contributed by atoms with E-state index in [4.69, 9.17) is 5.11 Å². The zero-order valence-corrected chi connectivity index (χ0v) is 11.4. The van der Waals surface area contributed by atoms with Gasteiger partial charge in [-0.1, -0.05) is 23.9 Å². The van der Waals surface area contributed by atoms with Crippen LogP contribution in [-0.4, -0.2) is 16.9 Å². The molecular formula is C15H11FO3S. The van der Waals surface area contributed by atoms with Gasteiger partial charge in [0.15, 0.2) is 5.78 Å². The van der Waals surface area contributed by atoms with Crippen molar-refractivity contribution in [1.82, 2.24) is 0 Å². The van der Waals surface area contributed by atoms with Crippen LogP contribution in [-0.2, 0) is 0 Å². The van der Waals surface area contributed by atoms with Gasteiger partial charge in [0.2, 0.25) is 0 Å². The van der Waals surface area contributed by atoms with Crippen molar-refractivity contribution in [1.29, 1.82) is 0 Å². The zero-order valence-electron chi connectivity index (χ0n) is 10.6. The van der Waals surface area contributed by atoms with Crippen molar-refractivity contribution >= 4 is 23.5 Å². The van der Waals surface area contributed by atoms with Crippen molar-refractivity contribution in [2.75, 3.05) is 0 Å². The number of ketones is 1. The molecule has 0 atom stereocenters. The molecule has 1 N–H and O–H groups in total. The first kappa shape index (κ1) is 14.3. The van der Waals surface area contributed by atoms with Crippen LogP contribution in [0.5, 0.6) is 0 Å². The maximum atomic E-state index is 13.3. The predicted molar refractivity (Wildman–Crippen MR) is 73.9 cm³/mol. The number of benzene rings is 2. The van der Waals surface area contributed by atoms with Crippen LogP contribution >= 0.6 is 11.8 Å². The fourth-order valence-electron chi connectivity index (χ4n) is 1.63. The molecule has 0 spiro atoms. The standard InChI is InChI=1S/C15H11FO3S/c1-9(17)10-2-4-11(5-3-10)20-12-6-7-14(16)13(8-12)15(18)19/h2-8H,1H3,(H,18,19). The Morgan fingerprint density at radius 3 is 2.20 bits per heavy atom. The van der Waals surface area contributed by atoms with E-state index >= 15 is 0 Å². The number of carbonyl (C=O) groups excluding carboxylic acids is 1. The summed E-state index contributed by atoms with van der Waals surface area (Å²) in [6, 6.07) is 10.9. The minimum atomic E-state index is -1.29. The molecule has 0 bridgehead atoms. The second kappa shape index (κ2) is 5.88. The van der Waals surface area contributed by atoms with Crippen molar-refractivity contribution in [2.24, 2.45) is 0 Å². The normalized spacial score (nSPS) is 10.3. The molecule has 0 amide bonds. The molecule has 2 aromatic carbocycles. The molecule has 0 fully saturated rings. The summed E-state index contributed by atoms with van der Waals surface area (Å²) in [7, 11) is 0. The molecule has 5 heteroatoms. The summed E-state index contributed by atoms with van der Waals surface area (Å²) in [6.07, 6.45) is 0. The number of carboxylic acids is 1. The van der Waals surface area contributed by atoms with Crippen LogP contribution in [0.3, 0.4) is 0 Å². The summed E-state index contributed by atoms with van der Waals surface area (Å²) in [5, 5.41) is 8.87. The smallest absolute Gasteiger partial charge is 0.338 e. The van der Waals surface area contributed by atoms with E-state index in [0.29, 0.717) is 10.5 Å². The van der Waals surface area contributed by atoms with E-state index in [1.165, 1.54) is 30.8 Å². The second-order valence-corrected chi connectivity index (χ2v) is 5.28. The first-order valence-electron chi connectivity index (χ1n) is 5.79. The summed E-state index contributed by atoms with van der Waals surface area (Å²) in [5.74, 6) is -2.07. The van der Waals surface area contributed by atoms with Crippen LogP contribution in [0.2, 0.25) is 0 Å². The fourth-order valence-corrected chi connectivity index (χ4v) is 2.48. The number of aromatic carboxylic acids is 1. The minimum Gasteiger partial charge on any atom is -0.478 e. The van der Waals surface area contributed by atoms with Gasteiger partial charge in [-0.25, -0.2) is 9.18 Å². The Bertz CT molecular complexity index is 665. The lowest BCUT2D eigenvalue weighted by atomic mass is 10.2. The zero-order chi connectivity index (χ0) is 14.7. The number of Topliss-reactive ketones (excluding diaryl/α,β-unsaturated/α-hetero) is 1. The lowest BCUT2D eigenvalue weighted by Crippen LogP contribution is -2.00. The van der Waals surface area contributed by atoms with E-state index in [9.17, 15) is 14.0 Å². The molecule has 2 rings (SSSR count). The van der Waals surface area contributed by atoms with Crippen molar-refractivity contribution in [3.05, 3.63) is 59.4 Å². The van der Waals surface area contributed by atoms with Crippen LogP contribution in [0.4, 0.5) is 4.39 Å². The summed E-state index contributed by atoms with van der Waals surface area (Å²) in [5.41, 5.74) is 0.259. The van der Waals surface area contributed by atoms with Gasteiger partial charge in [0, 0.05) is 15.4 Å². The lowest BCUT2D eigenvalue weighted by Gasteiger charge is -2.04. The quantitative estimate of drug-likeness (QED) is 0.868. The Kier molecular flexibility index (Phi) is 4.20. The van der Waals surface area contributed by atoms with Crippen molar-refractivity contribution in [3.8, 4) is 0 Å². The average Bonchev–Trinajstić information content (AvgIpc) is 2.41. The molecule has 0 aromatic heterocycles. The highest BCUT2D eigenvalue weighted by atomic mass is 32.2. The third-order valence-corrected chi connectivity index (χ3v) is 3.66. The van der Waals surface area contributed by atoms with E-state index < -0.39 is 11.8 Å². The molecule has 3 nitrogen and oxygen atoms in total. The van der Waals surface area contributed by atoms with E-state index in [2.05, 4.69) is 0 Å². The summed E-state index contributed by atoms with van der Waals surface area (Å²) >= 11 is 1.31. The van der Waals surface area contributed by atoms with E-state index in [-0.39, 0.29) is 11.3 Å². The third kappa shape index (κ3) is 3.24. The first-order valence-corrected chi connectivity index (χ1v) is 6.60. The molecule has 0 aliphatic rings. The monoisotopic (exact) mass is 290 g/mol. The molecule has 0 unspecified atom stereocenters. The SMILES string of the molecule is CC(=O)c1ccc(Sc2ccc(F)c(C(=O)O)c2)cc1. The van der Waals surface area contributed by atoms with Gasteiger partial charge in [-0.15, -0.1) is 0 Å². The second-order valence-electron chi connectivity index (χ2n) is 4.13. The summed E-state index contributed by atoms with van der Waals surface area (Å²) in [6.45, 7) is 1.49. The van der Waals surface area contributed by atoms with Gasteiger partial charge in [0.05, 0.1) is 5.56 Å². The molecule has 0 saturated carbocycles. The van der Waals surface area contributed by atoms with Gasteiger partial charge >= 0.3 is 5.97 Å². The lowest BCUT2D eigenvalue weighted by molar-refractivity contribution is 0.0691. The summed E-state index contributed by atoms with van der Waals surface area (Å²) < 4.78 is 13.3. The van der Waals surface area contributed by atoms with Gasteiger partial charge in [-0.05, 0) is 37.3 Å². The molecule has 2 aromatic rings. The molecule has 0 radical (unpaired) electrons. The highest BCUT2D eigenvalue weighted by Gasteiger charge is 2.11. The Labute approximate surface area is 119 Å². The Balaban J connectivity index is 2.23. The predicted octanol–water partition coefficient (Wildman–Crippen LogP) is 3.88. The Morgan fingerprint density at radius 2 is 1.65 bits per heavy atom. The number of halogens is 1. The Morgan fingerprint density at radius 1 is 1.05 bits per heavy atom. The maximum Gasteiger partial charge on any atom is 0.338 e. The van der Waals surface area contributed by atoms with E-state index in [0.717, 1.165) is 11.0 Å². The van der Waals surface area contributed by atoms with Gasteiger partial charge in [-0.3, -0.25) is 4.79 Å². The van der Waals surface area contributed by atoms with Gasteiger partial charge in [0.1, 0.15) is 5.82 Å². The molecule has 0 aliphatic heterocycles. The van der Waals surface area contributed by atoms with E-state index in [1.54, 1.807) is 24.3 Å². The van der Waals surface area contributed by atoms with Crippen molar-refractivity contribution < 1.29 is 19.1 Å². The molecular weight excluding hydrogens is 279 g/mol. The third-order valence-electron chi connectivity index (χ3n) is 2.66. The molecule has 0 saturated heterocycles.